The van der Waals surface area contributed by atoms with E-state index in [1.165, 1.54) is 33.4 Å². The molecule has 0 saturated carbocycles. The number of fused-ring (bicyclic) bond motifs is 1. The molecule has 0 heterocycles. The number of benzene rings is 3. The molecular weight excluding hydrogens is 280 g/mol. The van der Waals surface area contributed by atoms with E-state index in [0.717, 1.165) is 12.2 Å². The standard InChI is InChI=1S/C22H18O/c1-23-19-13-11-16(12-14-19)21-15-18-9-5-6-10-20(18)22(21)17-7-3-2-4-8-17/h2-14H,15H2,1H3. The Morgan fingerprint density at radius 3 is 2.13 bits per heavy atom. The van der Waals surface area contributed by atoms with Crippen molar-refractivity contribution in [3.63, 3.8) is 0 Å². The van der Waals surface area contributed by atoms with E-state index >= 15 is 0 Å². The molecule has 3 aromatic rings. The summed E-state index contributed by atoms with van der Waals surface area (Å²) in [6.45, 7) is 0. The second kappa shape index (κ2) is 5.77. The number of rotatable bonds is 3. The van der Waals surface area contributed by atoms with E-state index in [9.17, 15) is 0 Å². The molecule has 23 heavy (non-hydrogen) atoms. The molecule has 0 amide bonds. The lowest BCUT2D eigenvalue weighted by Gasteiger charge is -2.10. The van der Waals surface area contributed by atoms with Crippen molar-refractivity contribution >= 4 is 11.1 Å². The first kappa shape index (κ1) is 13.8. The minimum absolute atomic E-state index is 0.895. The average molecular weight is 298 g/mol. The first-order valence-corrected chi connectivity index (χ1v) is 7.88. The molecule has 1 aliphatic rings. The monoisotopic (exact) mass is 298 g/mol. The van der Waals surface area contributed by atoms with Gasteiger partial charge in [-0.15, -0.1) is 0 Å². The Bertz CT molecular complexity index is 858. The maximum Gasteiger partial charge on any atom is 0.118 e. The molecule has 0 fully saturated rings. The van der Waals surface area contributed by atoms with E-state index in [4.69, 9.17) is 4.74 Å². The zero-order valence-corrected chi connectivity index (χ0v) is 13.1. The Hall–Kier alpha value is -2.80. The lowest BCUT2D eigenvalue weighted by Crippen LogP contribution is -1.90. The normalized spacial score (nSPS) is 13.1. The van der Waals surface area contributed by atoms with Crippen LogP contribution < -0.4 is 4.74 Å². The van der Waals surface area contributed by atoms with Crippen LogP contribution in [0, 0.1) is 0 Å². The van der Waals surface area contributed by atoms with Crippen LogP contribution in [0.5, 0.6) is 5.75 Å². The third-order valence-electron chi connectivity index (χ3n) is 4.46. The molecule has 1 heteroatoms. The lowest BCUT2D eigenvalue weighted by molar-refractivity contribution is 0.415. The highest BCUT2D eigenvalue weighted by Crippen LogP contribution is 2.42. The fourth-order valence-corrected chi connectivity index (χ4v) is 3.33. The van der Waals surface area contributed by atoms with Crippen LogP contribution in [-0.4, -0.2) is 7.11 Å². The van der Waals surface area contributed by atoms with Gasteiger partial charge in [-0.3, -0.25) is 0 Å². The summed E-state index contributed by atoms with van der Waals surface area (Å²) in [5.41, 5.74) is 8.04. The number of allylic oxidation sites excluding steroid dienone is 1. The lowest BCUT2D eigenvalue weighted by atomic mass is 9.94. The zero-order chi connectivity index (χ0) is 15.6. The Kier molecular flexibility index (Phi) is 3.47. The molecule has 1 nitrogen and oxygen atoms in total. The molecule has 0 aliphatic heterocycles. The molecule has 4 rings (SSSR count). The summed E-state index contributed by atoms with van der Waals surface area (Å²) in [4.78, 5) is 0. The SMILES string of the molecule is COc1ccc(C2=C(c3ccccc3)c3ccccc3C2)cc1. The van der Waals surface area contributed by atoms with E-state index in [0.29, 0.717) is 0 Å². The Labute approximate surface area is 136 Å². The quantitative estimate of drug-likeness (QED) is 0.645. The molecule has 0 bridgehead atoms. The van der Waals surface area contributed by atoms with Crippen molar-refractivity contribution in [3.05, 3.63) is 101 Å². The molecule has 0 spiro atoms. The predicted octanol–water partition coefficient (Wildman–Crippen LogP) is 5.21. The highest BCUT2D eigenvalue weighted by molar-refractivity contribution is 6.03. The number of methoxy groups -OCH3 is 1. The number of hydrogen-bond donors (Lipinski definition) is 0. The minimum atomic E-state index is 0.895. The summed E-state index contributed by atoms with van der Waals surface area (Å²) in [6.07, 6.45) is 0.979. The molecule has 0 N–H and O–H groups in total. The molecule has 0 saturated heterocycles. The Morgan fingerprint density at radius 1 is 0.696 bits per heavy atom. The predicted molar refractivity (Wildman–Crippen MR) is 95.5 cm³/mol. The van der Waals surface area contributed by atoms with Gasteiger partial charge in [-0.05, 0) is 52.0 Å². The summed E-state index contributed by atoms with van der Waals surface area (Å²) in [6, 6.07) is 27.8. The van der Waals surface area contributed by atoms with Crippen LogP contribution in [0.1, 0.15) is 22.3 Å². The summed E-state index contributed by atoms with van der Waals surface area (Å²) < 4.78 is 5.29. The van der Waals surface area contributed by atoms with Crippen molar-refractivity contribution < 1.29 is 4.74 Å². The summed E-state index contributed by atoms with van der Waals surface area (Å²) in [7, 11) is 1.70. The Balaban J connectivity index is 1.90. The number of ether oxygens (including phenoxy) is 1. The van der Waals surface area contributed by atoms with Gasteiger partial charge in [0, 0.05) is 0 Å². The van der Waals surface area contributed by atoms with Crippen molar-refractivity contribution in [3.8, 4) is 5.75 Å². The second-order valence-electron chi connectivity index (χ2n) is 5.78. The van der Waals surface area contributed by atoms with E-state index in [1.807, 2.05) is 12.1 Å². The smallest absolute Gasteiger partial charge is 0.118 e. The van der Waals surface area contributed by atoms with Gasteiger partial charge in [0.1, 0.15) is 5.75 Å². The van der Waals surface area contributed by atoms with Crippen LogP contribution in [0.15, 0.2) is 78.9 Å². The fraction of sp³-hybridized carbons (Fsp3) is 0.0909. The highest BCUT2D eigenvalue weighted by atomic mass is 16.5. The molecule has 3 aromatic carbocycles. The fourth-order valence-electron chi connectivity index (χ4n) is 3.33. The van der Waals surface area contributed by atoms with Crippen molar-refractivity contribution in [2.45, 2.75) is 6.42 Å². The van der Waals surface area contributed by atoms with Crippen molar-refractivity contribution in [2.75, 3.05) is 7.11 Å². The molecule has 112 valence electrons. The van der Waals surface area contributed by atoms with Crippen molar-refractivity contribution in [1.82, 2.24) is 0 Å². The van der Waals surface area contributed by atoms with Gasteiger partial charge in [0.2, 0.25) is 0 Å². The van der Waals surface area contributed by atoms with Gasteiger partial charge in [0.25, 0.3) is 0 Å². The van der Waals surface area contributed by atoms with Crippen LogP contribution in [0.3, 0.4) is 0 Å². The molecule has 0 atom stereocenters. The summed E-state index contributed by atoms with van der Waals surface area (Å²) in [5.74, 6) is 0.895. The van der Waals surface area contributed by atoms with Crippen LogP contribution in [0.2, 0.25) is 0 Å². The van der Waals surface area contributed by atoms with Gasteiger partial charge in [0.05, 0.1) is 7.11 Å². The third-order valence-corrected chi connectivity index (χ3v) is 4.46. The van der Waals surface area contributed by atoms with E-state index < -0.39 is 0 Å². The summed E-state index contributed by atoms with van der Waals surface area (Å²) in [5, 5.41) is 0. The first-order chi connectivity index (χ1) is 11.4. The number of hydrogen-bond acceptors (Lipinski definition) is 1. The van der Waals surface area contributed by atoms with Crippen LogP contribution >= 0.6 is 0 Å². The Morgan fingerprint density at radius 2 is 1.39 bits per heavy atom. The van der Waals surface area contributed by atoms with E-state index in [-0.39, 0.29) is 0 Å². The van der Waals surface area contributed by atoms with E-state index in [1.54, 1.807) is 7.11 Å². The van der Waals surface area contributed by atoms with Crippen molar-refractivity contribution in [1.29, 1.82) is 0 Å². The molecule has 0 unspecified atom stereocenters. The van der Waals surface area contributed by atoms with Gasteiger partial charge in [-0.2, -0.15) is 0 Å². The molecular formula is C22H18O. The van der Waals surface area contributed by atoms with Crippen LogP contribution in [0.4, 0.5) is 0 Å². The van der Waals surface area contributed by atoms with Gasteiger partial charge in [0.15, 0.2) is 0 Å². The van der Waals surface area contributed by atoms with Crippen LogP contribution in [0.25, 0.3) is 11.1 Å². The molecule has 0 radical (unpaired) electrons. The van der Waals surface area contributed by atoms with Gasteiger partial charge in [-0.25, -0.2) is 0 Å². The van der Waals surface area contributed by atoms with Crippen LogP contribution in [-0.2, 0) is 6.42 Å². The van der Waals surface area contributed by atoms with Gasteiger partial charge < -0.3 is 4.74 Å². The van der Waals surface area contributed by atoms with Crippen molar-refractivity contribution in [2.24, 2.45) is 0 Å². The van der Waals surface area contributed by atoms with Gasteiger partial charge in [-0.1, -0.05) is 66.7 Å². The molecule has 0 aromatic heterocycles. The van der Waals surface area contributed by atoms with Gasteiger partial charge >= 0.3 is 0 Å². The topological polar surface area (TPSA) is 9.23 Å². The zero-order valence-electron chi connectivity index (χ0n) is 13.1. The maximum atomic E-state index is 5.29. The first-order valence-electron chi connectivity index (χ1n) is 7.88. The largest absolute Gasteiger partial charge is 0.497 e. The molecule has 1 aliphatic carbocycles. The highest BCUT2D eigenvalue weighted by Gasteiger charge is 2.23. The van der Waals surface area contributed by atoms with E-state index in [2.05, 4.69) is 66.7 Å². The third kappa shape index (κ3) is 2.44. The summed E-state index contributed by atoms with van der Waals surface area (Å²) >= 11 is 0. The average Bonchev–Trinajstić information content (AvgIpc) is 3.02. The minimum Gasteiger partial charge on any atom is -0.497 e. The second-order valence-corrected chi connectivity index (χ2v) is 5.78. The maximum absolute atomic E-state index is 5.29.